The average Bonchev–Trinajstić information content (AvgIpc) is 3.54. The summed E-state index contributed by atoms with van der Waals surface area (Å²) in [6.45, 7) is 0.856. The van der Waals surface area contributed by atoms with E-state index in [1.165, 1.54) is 15.6 Å². The molecule has 0 unspecified atom stereocenters. The second kappa shape index (κ2) is 10.6. The molecule has 1 aromatic heterocycles. The third-order valence-corrected chi connectivity index (χ3v) is 9.58. The first-order valence-corrected chi connectivity index (χ1v) is 14.4. The smallest absolute Gasteiger partial charge is 0.244 e. The molecule has 3 N–H and O–H groups in total. The molecule has 4 aromatic rings. The third-order valence-electron chi connectivity index (χ3n) is 6.72. The van der Waals surface area contributed by atoms with Crippen molar-refractivity contribution in [1.82, 2.24) is 9.21 Å². The number of rotatable bonds is 9. The number of nitrogens with two attached hydrogens (primary N) is 1. The van der Waals surface area contributed by atoms with E-state index in [0.29, 0.717) is 30.1 Å². The van der Waals surface area contributed by atoms with Crippen LogP contribution in [-0.4, -0.2) is 49.1 Å². The van der Waals surface area contributed by atoms with Crippen molar-refractivity contribution in [3.63, 3.8) is 0 Å². The van der Waals surface area contributed by atoms with Crippen molar-refractivity contribution >= 4 is 43.9 Å². The fourth-order valence-corrected chi connectivity index (χ4v) is 7.12. The number of benzene rings is 3. The molecule has 196 valence electrons. The molecule has 0 bridgehead atoms. The number of nitrogens with one attached hydrogen (secondary N) is 1. The van der Waals surface area contributed by atoms with Gasteiger partial charge >= 0.3 is 0 Å². The number of ether oxygens (including phenoxy) is 1. The quantitative estimate of drug-likeness (QED) is 0.240. The normalized spacial score (nSPS) is 15.9. The summed E-state index contributed by atoms with van der Waals surface area (Å²) in [5.41, 5.74) is 7.25. The summed E-state index contributed by atoms with van der Waals surface area (Å²) in [4.78, 5) is 16.0. The van der Waals surface area contributed by atoms with Crippen molar-refractivity contribution in [2.45, 2.75) is 30.4 Å². The molecule has 2 heterocycles. The first kappa shape index (κ1) is 25.9. The van der Waals surface area contributed by atoms with E-state index in [2.05, 4.69) is 0 Å². The predicted molar refractivity (Wildman–Crippen MR) is 149 cm³/mol. The molecular formula is C28H28N4O4S2. The first-order valence-electron chi connectivity index (χ1n) is 12.1. The Morgan fingerprint density at radius 2 is 1.84 bits per heavy atom. The zero-order valence-electron chi connectivity index (χ0n) is 20.8. The molecule has 1 aliphatic heterocycles. The number of nitrogen functional groups attached to an aromatic ring is 1. The van der Waals surface area contributed by atoms with Gasteiger partial charge < -0.3 is 15.4 Å². The van der Waals surface area contributed by atoms with E-state index in [1.807, 2.05) is 47.8 Å². The maximum atomic E-state index is 14.1. The lowest BCUT2D eigenvalue weighted by molar-refractivity contribution is -0.131. The van der Waals surface area contributed by atoms with Gasteiger partial charge in [0, 0.05) is 19.6 Å². The number of hydrogen-bond donors (Lipinski definition) is 2. The molecule has 1 saturated heterocycles. The maximum Gasteiger partial charge on any atom is 0.244 e. The Kier molecular flexibility index (Phi) is 7.20. The Bertz CT molecular complexity index is 1600. The van der Waals surface area contributed by atoms with Crippen molar-refractivity contribution in [3.8, 4) is 5.75 Å². The van der Waals surface area contributed by atoms with Crippen molar-refractivity contribution in [3.05, 3.63) is 94.2 Å². The summed E-state index contributed by atoms with van der Waals surface area (Å²) in [6, 6.07) is 20.8. The largest absolute Gasteiger partial charge is 0.497 e. The van der Waals surface area contributed by atoms with Crippen molar-refractivity contribution in [1.29, 1.82) is 5.41 Å². The highest BCUT2D eigenvalue weighted by atomic mass is 32.2. The number of fused-ring (bicyclic) bond motifs is 1. The second-order valence-electron chi connectivity index (χ2n) is 9.21. The SMILES string of the molecule is COc1ccc2ccc(S(=O)(=O)N(Cc3ccccc3)[C@H]3CCN(Cc4csc(C(=N)N)c4)C3=O)cc2c1. The highest BCUT2D eigenvalue weighted by Gasteiger charge is 2.42. The number of carbonyl (C=O) groups is 1. The summed E-state index contributed by atoms with van der Waals surface area (Å²) in [7, 11) is -2.46. The Morgan fingerprint density at radius 3 is 2.55 bits per heavy atom. The number of methoxy groups -OCH3 is 1. The van der Waals surface area contributed by atoms with E-state index < -0.39 is 16.1 Å². The van der Waals surface area contributed by atoms with Gasteiger partial charge in [-0.05, 0) is 64.0 Å². The average molecular weight is 549 g/mol. The number of amidine groups is 1. The molecule has 0 spiro atoms. The van der Waals surface area contributed by atoms with Crippen LogP contribution in [0.1, 0.15) is 22.4 Å². The summed E-state index contributed by atoms with van der Waals surface area (Å²) >= 11 is 1.35. The molecule has 0 radical (unpaired) electrons. The number of thiophene rings is 1. The van der Waals surface area contributed by atoms with Crippen molar-refractivity contribution in [2.24, 2.45) is 5.73 Å². The molecule has 1 atom stereocenters. The minimum absolute atomic E-state index is 0.0139. The first-order chi connectivity index (χ1) is 18.3. The van der Waals surface area contributed by atoms with Gasteiger partial charge in [-0.2, -0.15) is 4.31 Å². The van der Waals surface area contributed by atoms with Crippen LogP contribution in [-0.2, 0) is 27.9 Å². The lowest BCUT2D eigenvalue weighted by Gasteiger charge is -2.27. The van der Waals surface area contributed by atoms with E-state index >= 15 is 0 Å². The van der Waals surface area contributed by atoms with Gasteiger partial charge in [0.15, 0.2) is 0 Å². The van der Waals surface area contributed by atoms with Gasteiger partial charge in [-0.15, -0.1) is 11.3 Å². The fourth-order valence-electron chi connectivity index (χ4n) is 4.72. The molecule has 38 heavy (non-hydrogen) atoms. The monoisotopic (exact) mass is 548 g/mol. The molecule has 0 saturated carbocycles. The van der Waals surface area contributed by atoms with Crippen LogP contribution in [0.3, 0.4) is 0 Å². The summed E-state index contributed by atoms with van der Waals surface area (Å²) in [5, 5.41) is 11.1. The standard InChI is InChI=1S/C28H28N4O4S2/c1-36-23-9-7-21-8-10-24(15-22(21)14-23)38(34,35)32(17-19-5-3-2-4-6-19)25-11-12-31(28(25)33)16-20-13-26(27(29)30)37-18-20/h2-10,13-15,18,25H,11-12,16-17H2,1H3,(H3,29,30)/t25-/m0/s1. The molecule has 1 aliphatic rings. The molecule has 0 aliphatic carbocycles. The van der Waals surface area contributed by atoms with Crippen LogP contribution in [0, 0.1) is 5.41 Å². The van der Waals surface area contributed by atoms with E-state index in [0.717, 1.165) is 21.9 Å². The number of sulfonamides is 1. The Labute approximate surface area is 225 Å². The summed E-state index contributed by atoms with van der Waals surface area (Å²) < 4.78 is 34.8. The van der Waals surface area contributed by atoms with Gasteiger partial charge in [0.1, 0.15) is 17.6 Å². The van der Waals surface area contributed by atoms with E-state index in [9.17, 15) is 13.2 Å². The Hall–Kier alpha value is -3.73. The van der Waals surface area contributed by atoms with E-state index in [-0.39, 0.29) is 23.2 Å². The number of hydrogen-bond acceptors (Lipinski definition) is 6. The summed E-state index contributed by atoms with van der Waals surface area (Å²) in [5.74, 6) is 0.388. The maximum absolute atomic E-state index is 14.1. The molecule has 1 fully saturated rings. The number of likely N-dealkylation sites (tertiary alicyclic amines) is 1. The molecule has 5 rings (SSSR count). The van der Waals surface area contributed by atoms with Crippen molar-refractivity contribution < 1.29 is 17.9 Å². The van der Waals surface area contributed by atoms with E-state index in [1.54, 1.807) is 42.3 Å². The van der Waals surface area contributed by atoms with Crippen LogP contribution in [0.4, 0.5) is 0 Å². The van der Waals surface area contributed by atoms with Gasteiger partial charge in [-0.3, -0.25) is 10.2 Å². The van der Waals surface area contributed by atoms with Gasteiger partial charge in [-0.25, -0.2) is 8.42 Å². The minimum Gasteiger partial charge on any atom is -0.497 e. The topological polar surface area (TPSA) is 117 Å². The van der Waals surface area contributed by atoms with Crippen molar-refractivity contribution in [2.75, 3.05) is 13.7 Å². The van der Waals surface area contributed by atoms with Crippen LogP contribution < -0.4 is 10.5 Å². The minimum atomic E-state index is -4.03. The third kappa shape index (κ3) is 5.15. The Morgan fingerprint density at radius 1 is 1.08 bits per heavy atom. The van der Waals surface area contributed by atoms with Gasteiger partial charge in [0.25, 0.3) is 0 Å². The highest BCUT2D eigenvalue weighted by Crippen LogP contribution is 2.31. The van der Waals surface area contributed by atoms with E-state index in [4.69, 9.17) is 15.9 Å². The number of amides is 1. The number of carbonyl (C=O) groups excluding carboxylic acids is 1. The van der Waals surface area contributed by atoms with Gasteiger partial charge in [0.2, 0.25) is 15.9 Å². The molecule has 3 aromatic carbocycles. The predicted octanol–water partition coefficient (Wildman–Crippen LogP) is 4.19. The second-order valence-corrected chi connectivity index (χ2v) is 12.0. The van der Waals surface area contributed by atoms with Crippen LogP contribution in [0.2, 0.25) is 0 Å². The van der Waals surface area contributed by atoms with Gasteiger partial charge in [0.05, 0.1) is 16.9 Å². The molecule has 1 amide bonds. The van der Waals surface area contributed by atoms with Crippen LogP contribution >= 0.6 is 11.3 Å². The Balaban J connectivity index is 1.48. The fraction of sp³-hybridized carbons (Fsp3) is 0.214. The lowest BCUT2D eigenvalue weighted by atomic mass is 10.1. The van der Waals surface area contributed by atoms with Crippen LogP contribution in [0.25, 0.3) is 10.8 Å². The summed E-state index contributed by atoms with van der Waals surface area (Å²) in [6.07, 6.45) is 0.385. The molecular weight excluding hydrogens is 520 g/mol. The number of nitrogens with zero attached hydrogens (tertiary/aromatic N) is 2. The van der Waals surface area contributed by atoms with Crippen LogP contribution in [0.5, 0.6) is 5.75 Å². The zero-order valence-corrected chi connectivity index (χ0v) is 22.5. The lowest BCUT2D eigenvalue weighted by Crippen LogP contribution is -2.44. The highest BCUT2D eigenvalue weighted by molar-refractivity contribution is 7.89. The van der Waals surface area contributed by atoms with Gasteiger partial charge in [-0.1, -0.05) is 42.5 Å². The molecule has 10 heteroatoms. The molecule has 8 nitrogen and oxygen atoms in total. The zero-order chi connectivity index (χ0) is 26.9. The van der Waals surface area contributed by atoms with Crippen LogP contribution in [0.15, 0.2) is 83.1 Å².